The highest BCUT2D eigenvalue weighted by atomic mass is 16.6. The van der Waals surface area contributed by atoms with Crippen LogP contribution in [-0.2, 0) is 4.79 Å². The summed E-state index contributed by atoms with van der Waals surface area (Å²) in [6.07, 6.45) is 1.23. The van der Waals surface area contributed by atoms with Crippen molar-refractivity contribution in [2.45, 2.75) is 25.8 Å². The van der Waals surface area contributed by atoms with Gasteiger partial charge in [-0.25, -0.2) is 0 Å². The summed E-state index contributed by atoms with van der Waals surface area (Å²) in [5, 5.41) is 27.5. The predicted molar refractivity (Wildman–Crippen MR) is 116 cm³/mol. The number of nitro groups is 2. The number of aryl methyl sites for hydroxylation is 1. The summed E-state index contributed by atoms with van der Waals surface area (Å²) in [5.41, 5.74) is 1.33. The average Bonchev–Trinajstić information content (AvgIpc) is 3.26. The van der Waals surface area contributed by atoms with E-state index in [1.807, 2.05) is 0 Å². The van der Waals surface area contributed by atoms with Gasteiger partial charge in [-0.3, -0.25) is 29.8 Å². The molecule has 32 heavy (non-hydrogen) atoms. The second kappa shape index (κ2) is 9.86. The molecule has 3 rings (SSSR count). The summed E-state index contributed by atoms with van der Waals surface area (Å²) in [6.45, 7) is 2.73. The molecule has 1 atom stereocenters. The van der Waals surface area contributed by atoms with Crippen LogP contribution >= 0.6 is 0 Å². The maximum atomic E-state index is 12.9. The second-order valence-corrected chi connectivity index (χ2v) is 7.44. The van der Waals surface area contributed by atoms with E-state index in [-0.39, 0.29) is 23.2 Å². The molecule has 11 nitrogen and oxygen atoms in total. The first-order chi connectivity index (χ1) is 15.3. The number of nitro benzene ring substituents is 2. The van der Waals surface area contributed by atoms with E-state index in [9.17, 15) is 29.8 Å². The van der Waals surface area contributed by atoms with E-state index >= 15 is 0 Å². The molecule has 2 amide bonds. The van der Waals surface area contributed by atoms with Crippen molar-refractivity contribution in [1.29, 1.82) is 0 Å². The van der Waals surface area contributed by atoms with E-state index in [0.29, 0.717) is 49.3 Å². The van der Waals surface area contributed by atoms with Crippen molar-refractivity contribution in [1.82, 2.24) is 10.2 Å². The average molecular weight is 441 g/mol. The van der Waals surface area contributed by atoms with Crippen LogP contribution in [0.2, 0.25) is 0 Å². The molecule has 1 fully saturated rings. The lowest BCUT2D eigenvalue weighted by atomic mass is 10.1. The molecule has 2 N–H and O–H groups in total. The van der Waals surface area contributed by atoms with Gasteiger partial charge in [0, 0.05) is 54.6 Å². The Morgan fingerprint density at radius 1 is 1.06 bits per heavy atom. The Balaban J connectivity index is 1.53. The van der Waals surface area contributed by atoms with Crippen LogP contribution in [0.15, 0.2) is 42.5 Å². The fraction of sp³-hybridized carbons (Fsp3) is 0.333. The van der Waals surface area contributed by atoms with E-state index in [1.54, 1.807) is 19.1 Å². The minimum absolute atomic E-state index is 0.00180. The maximum Gasteiger partial charge on any atom is 0.272 e. The lowest BCUT2D eigenvalue weighted by Gasteiger charge is -2.24. The van der Waals surface area contributed by atoms with Gasteiger partial charge >= 0.3 is 0 Å². The second-order valence-electron chi connectivity index (χ2n) is 7.44. The van der Waals surface area contributed by atoms with Crippen LogP contribution in [0.1, 0.15) is 28.8 Å². The molecule has 0 aromatic heterocycles. The first-order valence-corrected chi connectivity index (χ1v) is 10.1. The topological polar surface area (TPSA) is 148 Å². The molecule has 1 aliphatic rings. The largest absolute Gasteiger partial charge is 0.383 e. The Hall–Kier alpha value is -4.02. The lowest BCUT2D eigenvalue weighted by Crippen LogP contribution is -2.46. The number of nitrogens with one attached hydrogen (secondary N) is 2. The van der Waals surface area contributed by atoms with Crippen LogP contribution in [0.4, 0.5) is 17.1 Å². The summed E-state index contributed by atoms with van der Waals surface area (Å²) in [4.78, 5) is 47.7. The third kappa shape index (κ3) is 5.17. The maximum absolute atomic E-state index is 12.9. The van der Waals surface area contributed by atoms with E-state index in [4.69, 9.17) is 0 Å². The number of carbonyl (C=O) groups is 2. The fourth-order valence-electron chi connectivity index (χ4n) is 3.65. The van der Waals surface area contributed by atoms with E-state index in [2.05, 4.69) is 10.6 Å². The Bertz CT molecular complexity index is 1040. The molecule has 0 bridgehead atoms. The molecule has 0 radical (unpaired) electrons. The first kappa shape index (κ1) is 22.7. The van der Waals surface area contributed by atoms with Crippen molar-refractivity contribution >= 4 is 28.9 Å². The molecule has 2 aromatic carbocycles. The highest BCUT2D eigenvalue weighted by Crippen LogP contribution is 2.24. The molecule has 2 aromatic rings. The molecule has 1 saturated heterocycles. The zero-order valence-electron chi connectivity index (χ0n) is 17.4. The lowest BCUT2D eigenvalue weighted by molar-refractivity contribution is -0.385. The Morgan fingerprint density at radius 2 is 1.78 bits per heavy atom. The molecule has 1 heterocycles. The molecule has 1 unspecified atom stereocenters. The number of rotatable bonds is 8. The number of likely N-dealkylation sites (tertiary alicyclic amines) is 1. The zero-order valence-corrected chi connectivity index (χ0v) is 17.4. The van der Waals surface area contributed by atoms with Gasteiger partial charge in [0.25, 0.3) is 17.3 Å². The SMILES string of the molecule is Cc1cc(C(=O)N2CCCC2C(=O)NCCNc2ccc([N+](=O)[O-])cc2)ccc1[N+](=O)[O-]. The monoisotopic (exact) mass is 441 g/mol. The summed E-state index contributed by atoms with van der Waals surface area (Å²) >= 11 is 0. The molecule has 168 valence electrons. The van der Waals surface area contributed by atoms with Crippen LogP contribution in [0.5, 0.6) is 0 Å². The highest BCUT2D eigenvalue weighted by Gasteiger charge is 2.34. The van der Waals surface area contributed by atoms with Crippen LogP contribution < -0.4 is 10.6 Å². The fourth-order valence-corrected chi connectivity index (χ4v) is 3.65. The first-order valence-electron chi connectivity index (χ1n) is 10.1. The van der Waals surface area contributed by atoms with Gasteiger partial charge < -0.3 is 15.5 Å². The van der Waals surface area contributed by atoms with Gasteiger partial charge in [0.1, 0.15) is 6.04 Å². The molecule has 0 spiro atoms. The van der Waals surface area contributed by atoms with Crippen molar-refractivity contribution in [3.8, 4) is 0 Å². The van der Waals surface area contributed by atoms with E-state index in [0.717, 1.165) is 0 Å². The number of benzene rings is 2. The number of hydrogen-bond donors (Lipinski definition) is 2. The van der Waals surface area contributed by atoms with Crippen LogP contribution in [-0.4, -0.2) is 52.2 Å². The van der Waals surface area contributed by atoms with Crippen molar-refractivity contribution in [3.63, 3.8) is 0 Å². The summed E-state index contributed by atoms with van der Waals surface area (Å²) in [5.74, 6) is -0.593. The van der Waals surface area contributed by atoms with Crippen LogP contribution in [0, 0.1) is 27.2 Å². The van der Waals surface area contributed by atoms with Gasteiger partial charge in [0.15, 0.2) is 0 Å². The number of anilines is 1. The molecule has 1 aliphatic heterocycles. The Kier molecular flexibility index (Phi) is 6.98. The molecular formula is C21H23N5O6. The van der Waals surface area contributed by atoms with Crippen LogP contribution in [0.3, 0.4) is 0 Å². The van der Waals surface area contributed by atoms with Gasteiger partial charge in [-0.15, -0.1) is 0 Å². The highest BCUT2D eigenvalue weighted by molar-refractivity contribution is 5.98. The minimum atomic E-state index is -0.600. The van der Waals surface area contributed by atoms with E-state index in [1.165, 1.54) is 35.2 Å². The smallest absolute Gasteiger partial charge is 0.272 e. The van der Waals surface area contributed by atoms with Crippen LogP contribution in [0.25, 0.3) is 0 Å². The standard InChI is InChI=1S/C21H23N5O6/c1-14-13-15(4-9-18(14)26(31)32)21(28)24-12-2-3-19(24)20(27)23-11-10-22-16-5-7-17(8-6-16)25(29)30/h4-9,13,19,22H,2-3,10-12H2,1H3,(H,23,27). The van der Waals surface area contributed by atoms with E-state index < -0.39 is 15.9 Å². The number of nitrogens with zero attached hydrogens (tertiary/aromatic N) is 3. The van der Waals surface area contributed by atoms with Crippen molar-refractivity contribution in [3.05, 3.63) is 73.8 Å². The number of carbonyl (C=O) groups excluding carboxylic acids is 2. The molecule has 0 saturated carbocycles. The molecular weight excluding hydrogens is 418 g/mol. The van der Waals surface area contributed by atoms with Crippen molar-refractivity contribution < 1.29 is 19.4 Å². The summed E-state index contributed by atoms with van der Waals surface area (Å²) in [6, 6.07) is 9.55. The van der Waals surface area contributed by atoms with Gasteiger partial charge in [-0.05, 0) is 44.0 Å². The number of hydrogen-bond acceptors (Lipinski definition) is 7. The van der Waals surface area contributed by atoms with Gasteiger partial charge in [0.05, 0.1) is 9.85 Å². The Morgan fingerprint density at radius 3 is 2.41 bits per heavy atom. The van der Waals surface area contributed by atoms with Gasteiger partial charge in [-0.2, -0.15) is 0 Å². The Labute approximate surface area is 183 Å². The number of amides is 2. The van der Waals surface area contributed by atoms with Gasteiger partial charge in [-0.1, -0.05) is 0 Å². The quantitative estimate of drug-likeness (QED) is 0.363. The minimum Gasteiger partial charge on any atom is -0.383 e. The zero-order chi connectivity index (χ0) is 23.3. The van der Waals surface area contributed by atoms with Crippen molar-refractivity contribution in [2.75, 3.05) is 25.0 Å². The summed E-state index contributed by atoms with van der Waals surface area (Å²) in [7, 11) is 0. The summed E-state index contributed by atoms with van der Waals surface area (Å²) < 4.78 is 0. The molecule has 11 heteroatoms. The van der Waals surface area contributed by atoms with Crippen molar-refractivity contribution in [2.24, 2.45) is 0 Å². The third-order valence-electron chi connectivity index (χ3n) is 5.29. The number of non-ortho nitro benzene ring substituents is 1. The third-order valence-corrected chi connectivity index (χ3v) is 5.29. The predicted octanol–water partition coefficient (Wildman–Crippen LogP) is 2.64. The molecule has 0 aliphatic carbocycles. The normalized spacial score (nSPS) is 15.3. The van der Waals surface area contributed by atoms with Gasteiger partial charge in [0.2, 0.25) is 5.91 Å².